The summed E-state index contributed by atoms with van der Waals surface area (Å²) < 4.78 is 15.3. The van der Waals surface area contributed by atoms with Gasteiger partial charge in [-0.3, -0.25) is 14.4 Å². The van der Waals surface area contributed by atoms with Crippen molar-refractivity contribution in [3.63, 3.8) is 0 Å². The molecule has 3 aromatic rings. The van der Waals surface area contributed by atoms with Crippen molar-refractivity contribution in [1.82, 2.24) is 9.47 Å². The van der Waals surface area contributed by atoms with Gasteiger partial charge in [0.1, 0.15) is 5.82 Å². The number of likely N-dealkylation sites (tertiary alicyclic amines) is 1. The highest BCUT2D eigenvalue weighted by Crippen LogP contribution is 2.39. The van der Waals surface area contributed by atoms with E-state index in [-0.39, 0.29) is 23.3 Å². The molecule has 2 saturated heterocycles. The fraction of sp³-hybridized carbons (Fsp3) is 0.345. The normalized spacial score (nSPS) is 20.5. The number of anilines is 2. The van der Waals surface area contributed by atoms with Gasteiger partial charge in [-0.05, 0) is 73.7 Å². The molecule has 0 unspecified atom stereocenters. The third-order valence-corrected chi connectivity index (χ3v) is 7.81. The maximum atomic E-state index is 13.4. The summed E-state index contributed by atoms with van der Waals surface area (Å²) in [7, 11) is 0. The summed E-state index contributed by atoms with van der Waals surface area (Å²) >= 11 is 0. The van der Waals surface area contributed by atoms with E-state index in [1.807, 2.05) is 33.7 Å². The van der Waals surface area contributed by atoms with E-state index in [0.717, 1.165) is 50.3 Å². The molecule has 3 aliphatic rings. The molecule has 6 rings (SSSR count). The lowest BCUT2D eigenvalue weighted by atomic mass is 9.83. The molecule has 2 bridgehead atoms. The number of fused-ring (bicyclic) bond motifs is 4. The van der Waals surface area contributed by atoms with Crippen LogP contribution >= 0.6 is 0 Å². The van der Waals surface area contributed by atoms with Crippen LogP contribution in [0, 0.1) is 11.7 Å². The van der Waals surface area contributed by atoms with Gasteiger partial charge in [0.05, 0.1) is 11.4 Å². The van der Waals surface area contributed by atoms with Crippen LogP contribution in [0.1, 0.15) is 51.6 Å². The van der Waals surface area contributed by atoms with Crippen LogP contribution in [0.4, 0.5) is 15.8 Å². The first kappa shape index (κ1) is 23.5. The number of carbonyl (C=O) groups is 2. The predicted octanol–water partition coefficient (Wildman–Crippen LogP) is 4.10. The molecule has 2 aromatic carbocycles. The van der Waals surface area contributed by atoms with E-state index < -0.39 is 5.82 Å². The van der Waals surface area contributed by atoms with Crippen molar-refractivity contribution in [2.24, 2.45) is 5.92 Å². The van der Waals surface area contributed by atoms with Gasteiger partial charge in [-0.2, -0.15) is 0 Å². The average Bonchev–Trinajstić information content (AvgIpc) is 3.44. The Morgan fingerprint density at radius 3 is 2.43 bits per heavy atom. The number of hydrogen-bond donors (Lipinski definition) is 1. The molecule has 4 heterocycles. The number of nitrogens with one attached hydrogen (secondary N) is 1. The second-order valence-electron chi connectivity index (χ2n) is 10.3. The Bertz CT molecular complexity index is 1410. The monoisotopic (exact) mass is 500 g/mol. The van der Waals surface area contributed by atoms with Gasteiger partial charge in [0, 0.05) is 61.5 Å². The molecule has 0 spiro atoms. The van der Waals surface area contributed by atoms with Crippen LogP contribution in [-0.2, 0) is 6.54 Å². The smallest absolute Gasteiger partial charge is 0.255 e. The summed E-state index contributed by atoms with van der Waals surface area (Å²) in [5.41, 5.74) is 3.37. The van der Waals surface area contributed by atoms with Crippen molar-refractivity contribution in [1.29, 1.82) is 0 Å². The molecule has 2 atom stereocenters. The van der Waals surface area contributed by atoms with Gasteiger partial charge in [0.25, 0.3) is 17.4 Å². The van der Waals surface area contributed by atoms with E-state index in [1.54, 1.807) is 12.1 Å². The lowest BCUT2D eigenvalue weighted by Crippen LogP contribution is -2.47. The Morgan fingerprint density at radius 1 is 0.892 bits per heavy atom. The lowest BCUT2D eigenvalue weighted by Gasteiger charge is -2.44. The number of rotatable bonds is 4. The van der Waals surface area contributed by atoms with E-state index in [9.17, 15) is 18.8 Å². The van der Waals surface area contributed by atoms with Crippen LogP contribution in [0.2, 0.25) is 0 Å². The molecule has 2 amide bonds. The second kappa shape index (κ2) is 9.50. The zero-order valence-electron chi connectivity index (χ0n) is 20.5. The summed E-state index contributed by atoms with van der Waals surface area (Å²) in [6.07, 6.45) is 3.01. The molecule has 190 valence electrons. The van der Waals surface area contributed by atoms with Crippen LogP contribution in [0.5, 0.6) is 0 Å². The molecule has 3 aliphatic heterocycles. The Kier molecular flexibility index (Phi) is 6.02. The van der Waals surface area contributed by atoms with Gasteiger partial charge in [0.2, 0.25) is 0 Å². The highest BCUT2D eigenvalue weighted by molar-refractivity contribution is 6.07. The number of pyridine rings is 1. The standard InChI is InChI=1S/C29H29FN4O3/c30-23-9-6-20(7-10-23)28(36)31-24-15-21(29(37)32-12-1-2-13-32)8-11-26(24)33-16-19-14-22(18-33)25-4-3-5-27(35)34(25)17-19/h3-11,15,19,22H,1-2,12-14,16-18H2,(H,31,36)/t19-,22+/m1/s1. The predicted molar refractivity (Wildman–Crippen MR) is 140 cm³/mol. The molecule has 7 nitrogen and oxygen atoms in total. The minimum atomic E-state index is -0.408. The first-order chi connectivity index (χ1) is 18.0. The molecular weight excluding hydrogens is 471 g/mol. The molecule has 0 saturated carbocycles. The van der Waals surface area contributed by atoms with Crippen molar-refractivity contribution in [2.45, 2.75) is 31.7 Å². The van der Waals surface area contributed by atoms with Gasteiger partial charge in [0.15, 0.2) is 0 Å². The molecule has 2 fully saturated rings. The number of aromatic nitrogens is 1. The fourth-order valence-corrected chi connectivity index (χ4v) is 6.04. The van der Waals surface area contributed by atoms with E-state index in [4.69, 9.17) is 0 Å². The van der Waals surface area contributed by atoms with Crippen molar-refractivity contribution in [2.75, 3.05) is 36.4 Å². The van der Waals surface area contributed by atoms with Gasteiger partial charge in [-0.15, -0.1) is 0 Å². The average molecular weight is 501 g/mol. The van der Waals surface area contributed by atoms with Crippen molar-refractivity contribution in [3.05, 3.63) is 93.7 Å². The summed E-state index contributed by atoms with van der Waals surface area (Å²) in [6, 6.07) is 16.4. The third-order valence-electron chi connectivity index (χ3n) is 7.81. The lowest BCUT2D eigenvalue weighted by molar-refractivity contribution is 0.0792. The molecule has 1 N–H and O–H groups in total. The highest BCUT2D eigenvalue weighted by Gasteiger charge is 2.35. The van der Waals surface area contributed by atoms with Crippen LogP contribution in [0.25, 0.3) is 0 Å². The Hall–Kier alpha value is -3.94. The van der Waals surface area contributed by atoms with E-state index in [1.165, 1.54) is 24.3 Å². The van der Waals surface area contributed by atoms with Crippen LogP contribution in [0.3, 0.4) is 0 Å². The summed E-state index contributed by atoms with van der Waals surface area (Å²) in [5, 5.41) is 2.99. The Balaban J connectivity index is 1.34. The SMILES string of the molecule is O=C(Nc1cc(C(=O)N2CCCC2)ccc1N1C[C@H]2C[C@@H](C1)c1cccc(=O)n1C2)c1ccc(F)cc1. The van der Waals surface area contributed by atoms with E-state index in [2.05, 4.69) is 10.2 Å². The topological polar surface area (TPSA) is 74.7 Å². The molecular formula is C29H29FN4O3. The minimum absolute atomic E-state index is 0.0369. The van der Waals surface area contributed by atoms with Crippen LogP contribution in [-0.4, -0.2) is 47.5 Å². The minimum Gasteiger partial charge on any atom is -0.369 e. The van der Waals surface area contributed by atoms with Gasteiger partial charge < -0.3 is 19.7 Å². The first-order valence-corrected chi connectivity index (χ1v) is 12.9. The molecule has 1 aromatic heterocycles. The summed E-state index contributed by atoms with van der Waals surface area (Å²) in [5.74, 6) is -0.299. The van der Waals surface area contributed by atoms with Gasteiger partial charge in [-0.25, -0.2) is 4.39 Å². The zero-order chi connectivity index (χ0) is 25.5. The first-order valence-electron chi connectivity index (χ1n) is 12.9. The fourth-order valence-electron chi connectivity index (χ4n) is 6.04. The maximum absolute atomic E-state index is 13.4. The second-order valence-corrected chi connectivity index (χ2v) is 10.3. The number of piperidine rings is 1. The van der Waals surface area contributed by atoms with Gasteiger partial charge >= 0.3 is 0 Å². The summed E-state index contributed by atoms with van der Waals surface area (Å²) in [6.45, 7) is 3.61. The van der Waals surface area contributed by atoms with Crippen LogP contribution < -0.4 is 15.8 Å². The molecule has 0 radical (unpaired) electrons. The largest absolute Gasteiger partial charge is 0.369 e. The highest BCUT2D eigenvalue weighted by atomic mass is 19.1. The van der Waals surface area contributed by atoms with Gasteiger partial charge in [-0.1, -0.05) is 6.07 Å². The number of hydrogen-bond acceptors (Lipinski definition) is 4. The van der Waals surface area contributed by atoms with E-state index >= 15 is 0 Å². The number of nitrogens with zero attached hydrogens (tertiary/aromatic N) is 3. The maximum Gasteiger partial charge on any atom is 0.255 e. The zero-order valence-corrected chi connectivity index (χ0v) is 20.5. The van der Waals surface area contributed by atoms with Crippen LogP contribution in [0.15, 0.2) is 65.5 Å². The van der Waals surface area contributed by atoms with Crippen molar-refractivity contribution in [3.8, 4) is 0 Å². The quantitative estimate of drug-likeness (QED) is 0.586. The number of benzene rings is 2. The Labute approximate surface area is 214 Å². The summed E-state index contributed by atoms with van der Waals surface area (Å²) in [4.78, 5) is 42.8. The Morgan fingerprint density at radius 2 is 1.65 bits per heavy atom. The molecule has 0 aliphatic carbocycles. The van der Waals surface area contributed by atoms with Crippen molar-refractivity contribution >= 4 is 23.2 Å². The molecule has 37 heavy (non-hydrogen) atoms. The van der Waals surface area contributed by atoms with Crippen molar-refractivity contribution < 1.29 is 14.0 Å². The van der Waals surface area contributed by atoms with E-state index in [0.29, 0.717) is 35.8 Å². The number of amides is 2. The molecule has 8 heteroatoms. The number of halogens is 1. The number of carbonyl (C=O) groups excluding carboxylic acids is 2. The third kappa shape index (κ3) is 4.52.